The van der Waals surface area contributed by atoms with Gasteiger partial charge in [0.2, 0.25) is 5.95 Å². The highest BCUT2D eigenvalue weighted by atomic mass is 79.9. The second kappa shape index (κ2) is 3.65. The molecule has 2 aromatic rings. The number of fused-ring (bicyclic) bond motifs is 1. The maximum atomic E-state index is 12.9. The van der Waals surface area contributed by atoms with Crippen LogP contribution in [0.3, 0.4) is 0 Å². The molecule has 0 unspecified atom stereocenters. The Labute approximate surface area is 98.0 Å². The largest absolute Gasteiger partial charge is 0.218 e. The first kappa shape index (κ1) is 10.1. The molecule has 0 atom stereocenters. The van der Waals surface area contributed by atoms with E-state index >= 15 is 0 Å². The summed E-state index contributed by atoms with van der Waals surface area (Å²) >= 11 is 14.9. The van der Waals surface area contributed by atoms with Crippen LogP contribution in [0.25, 0.3) is 10.9 Å². The van der Waals surface area contributed by atoms with Gasteiger partial charge in [-0.25, -0.2) is 4.98 Å². The molecule has 1 heterocycles. The van der Waals surface area contributed by atoms with Gasteiger partial charge in [-0.2, -0.15) is 4.39 Å². The number of halogens is 4. The summed E-state index contributed by atoms with van der Waals surface area (Å²) in [5.41, 5.74) is 0.406. The number of hydrogen-bond acceptors (Lipinski definition) is 1. The molecule has 1 nitrogen and oxygen atoms in total. The number of hydrogen-bond donors (Lipinski definition) is 0. The van der Waals surface area contributed by atoms with Crippen LogP contribution in [0.15, 0.2) is 22.7 Å². The smallest absolute Gasteiger partial charge is 0.214 e. The van der Waals surface area contributed by atoms with E-state index in [0.29, 0.717) is 25.4 Å². The van der Waals surface area contributed by atoms with Gasteiger partial charge in [0.15, 0.2) is 0 Å². The van der Waals surface area contributed by atoms with Gasteiger partial charge in [-0.3, -0.25) is 0 Å². The van der Waals surface area contributed by atoms with E-state index in [-0.39, 0.29) is 0 Å². The topological polar surface area (TPSA) is 12.9 Å². The monoisotopic (exact) mass is 293 g/mol. The molecule has 0 aliphatic heterocycles. The molecule has 2 rings (SSSR count). The Morgan fingerprint density at radius 1 is 1.21 bits per heavy atom. The Hall–Kier alpha value is -0.380. The summed E-state index contributed by atoms with van der Waals surface area (Å²) in [4.78, 5) is 3.69. The van der Waals surface area contributed by atoms with Gasteiger partial charge in [-0.05, 0) is 28.1 Å². The lowest BCUT2D eigenvalue weighted by atomic mass is 10.2. The summed E-state index contributed by atoms with van der Waals surface area (Å²) in [6, 6.07) is 4.48. The van der Waals surface area contributed by atoms with Gasteiger partial charge in [0.25, 0.3) is 0 Å². The van der Waals surface area contributed by atoms with Gasteiger partial charge in [0.1, 0.15) is 0 Å². The Kier molecular flexibility index (Phi) is 2.64. The van der Waals surface area contributed by atoms with Crippen LogP contribution < -0.4 is 0 Å². The van der Waals surface area contributed by atoms with E-state index < -0.39 is 5.95 Å². The van der Waals surface area contributed by atoms with Gasteiger partial charge < -0.3 is 0 Å². The van der Waals surface area contributed by atoms with Crippen LogP contribution >= 0.6 is 39.1 Å². The van der Waals surface area contributed by atoms with Crippen molar-refractivity contribution in [2.45, 2.75) is 0 Å². The Morgan fingerprint density at radius 3 is 2.64 bits per heavy atom. The van der Waals surface area contributed by atoms with E-state index in [2.05, 4.69) is 20.9 Å². The van der Waals surface area contributed by atoms with Crippen LogP contribution in [0.5, 0.6) is 0 Å². The quantitative estimate of drug-likeness (QED) is 0.655. The van der Waals surface area contributed by atoms with E-state index in [9.17, 15) is 4.39 Å². The molecule has 1 aromatic carbocycles. The van der Waals surface area contributed by atoms with Crippen molar-refractivity contribution in [2.75, 3.05) is 0 Å². The van der Waals surface area contributed by atoms with Crippen molar-refractivity contribution < 1.29 is 4.39 Å². The number of nitrogens with zero attached hydrogens (tertiary/aromatic N) is 1. The summed E-state index contributed by atoms with van der Waals surface area (Å²) in [7, 11) is 0. The predicted molar refractivity (Wildman–Crippen MR) is 59.4 cm³/mol. The Bertz CT molecular complexity index is 468. The van der Waals surface area contributed by atoms with Crippen LogP contribution in [0.4, 0.5) is 4.39 Å². The lowest BCUT2D eigenvalue weighted by Gasteiger charge is -2.03. The number of benzene rings is 1. The number of pyridine rings is 1. The van der Waals surface area contributed by atoms with Crippen LogP contribution in [-0.4, -0.2) is 4.98 Å². The van der Waals surface area contributed by atoms with E-state index in [4.69, 9.17) is 23.2 Å². The number of aromatic nitrogens is 1. The highest BCUT2D eigenvalue weighted by Crippen LogP contribution is 2.31. The van der Waals surface area contributed by atoms with Gasteiger partial charge in [-0.15, -0.1) is 0 Å². The van der Waals surface area contributed by atoms with Crippen molar-refractivity contribution in [3.8, 4) is 0 Å². The number of rotatable bonds is 0. The molecule has 0 bridgehead atoms. The van der Waals surface area contributed by atoms with Gasteiger partial charge in [-0.1, -0.05) is 23.2 Å². The van der Waals surface area contributed by atoms with Crippen LogP contribution in [0.1, 0.15) is 0 Å². The first-order valence-corrected chi connectivity index (χ1v) is 5.23. The van der Waals surface area contributed by atoms with Gasteiger partial charge in [0.05, 0.1) is 10.5 Å². The summed E-state index contributed by atoms with van der Waals surface area (Å²) in [6.45, 7) is 0. The summed E-state index contributed by atoms with van der Waals surface area (Å²) in [5.74, 6) is -0.575. The second-order valence-corrected chi connectivity index (χ2v) is 4.41. The molecule has 0 amide bonds. The van der Waals surface area contributed by atoms with Crippen molar-refractivity contribution in [1.29, 1.82) is 0 Å². The van der Waals surface area contributed by atoms with Crippen LogP contribution in [-0.2, 0) is 0 Å². The highest BCUT2D eigenvalue weighted by molar-refractivity contribution is 9.10. The van der Waals surface area contributed by atoms with E-state index in [1.54, 1.807) is 6.07 Å². The molecule has 0 aliphatic rings. The second-order valence-electron chi connectivity index (χ2n) is 2.71. The average molecular weight is 295 g/mol. The standard InChI is InChI=1S/C9H3BrCl2FN/c10-6-3-8(13)14-9-5(6)1-4(11)2-7(9)12/h1-3H. The third-order valence-electron chi connectivity index (χ3n) is 1.75. The normalized spacial score (nSPS) is 10.9. The summed E-state index contributed by atoms with van der Waals surface area (Å²) in [6.07, 6.45) is 0. The molecule has 0 fully saturated rings. The average Bonchev–Trinajstić information content (AvgIpc) is 2.07. The zero-order chi connectivity index (χ0) is 10.3. The molecule has 5 heteroatoms. The van der Waals surface area contributed by atoms with Crippen LogP contribution in [0, 0.1) is 5.95 Å². The SMILES string of the molecule is Fc1cc(Br)c2cc(Cl)cc(Cl)c2n1. The zero-order valence-electron chi connectivity index (χ0n) is 6.69. The molecule has 0 spiro atoms. The van der Waals surface area contributed by atoms with E-state index in [0.717, 1.165) is 0 Å². The summed E-state index contributed by atoms with van der Waals surface area (Å²) < 4.78 is 13.5. The lowest BCUT2D eigenvalue weighted by molar-refractivity contribution is 0.588. The van der Waals surface area contributed by atoms with Crippen molar-refractivity contribution >= 4 is 50.0 Å². The molecule has 0 radical (unpaired) electrons. The third-order valence-corrected chi connectivity index (χ3v) is 2.91. The van der Waals surface area contributed by atoms with Gasteiger partial charge in [0, 0.05) is 20.9 Å². The molecule has 72 valence electrons. The van der Waals surface area contributed by atoms with Crippen molar-refractivity contribution in [3.63, 3.8) is 0 Å². The molecule has 0 N–H and O–H groups in total. The fourth-order valence-electron chi connectivity index (χ4n) is 1.18. The third kappa shape index (κ3) is 1.72. The minimum atomic E-state index is -0.575. The van der Waals surface area contributed by atoms with E-state index in [1.165, 1.54) is 12.1 Å². The zero-order valence-corrected chi connectivity index (χ0v) is 9.79. The molecule has 0 aliphatic carbocycles. The predicted octanol–water partition coefficient (Wildman–Crippen LogP) is 4.44. The minimum Gasteiger partial charge on any atom is -0.218 e. The molecular formula is C9H3BrCl2FN. The first-order valence-electron chi connectivity index (χ1n) is 3.69. The first-order chi connectivity index (χ1) is 6.58. The van der Waals surface area contributed by atoms with Gasteiger partial charge >= 0.3 is 0 Å². The van der Waals surface area contributed by atoms with Crippen LogP contribution in [0.2, 0.25) is 10.0 Å². The summed E-state index contributed by atoms with van der Waals surface area (Å²) in [5, 5.41) is 1.54. The minimum absolute atomic E-state index is 0.340. The van der Waals surface area contributed by atoms with Crippen molar-refractivity contribution in [3.05, 3.63) is 38.7 Å². The molecular weight excluding hydrogens is 292 g/mol. The maximum Gasteiger partial charge on any atom is 0.214 e. The Balaban J connectivity index is 2.94. The fourth-order valence-corrected chi connectivity index (χ4v) is 2.21. The highest BCUT2D eigenvalue weighted by Gasteiger charge is 2.08. The van der Waals surface area contributed by atoms with Crippen molar-refractivity contribution in [2.24, 2.45) is 0 Å². The maximum absolute atomic E-state index is 12.9. The van der Waals surface area contributed by atoms with E-state index in [1.807, 2.05) is 0 Å². The Morgan fingerprint density at radius 2 is 1.93 bits per heavy atom. The fraction of sp³-hybridized carbons (Fsp3) is 0. The molecule has 0 saturated heterocycles. The molecule has 14 heavy (non-hydrogen) atoms. The lowest BCUT2D eigenvalue weighted by Crippen LogP contribution is -1.87. The molecule has 0 saturated carbocycles. The molecule has 1 aromatic heterocycles. The van der Waals surface area contributed by atoms with Crippen molar-refractivity contribution in [1.82, 2.24) is 4.98 Å².